The van der Waals surface area contributed by atoms with Gasteiger partial charge in [0.2, 0.25) is 0 Å². The number of aromatic hydroxyl groups is 1. The van der Waals surface area contributed by atoms with E-state index in [0.29, 0.717) is 17.7 Å². The van der Waals surface area contributed by atoms with Gasteiger partial charge in [0.05, 0.1) is 0 Å². The third kappa shape index (κ3) is 4.09. The quantitative estimate of drug-likeness (QED) is 0.733. The van der Waals surface area contributed by atoms with Crippen molar-refractivity contribution in [1.82, 2.24) is 0 Å². The molecule has 0 atom stereocenters. The summed E-state index contributed by atoms with van der Waals surface area (Å²) in [5.74, 6) is 1.80. The molecule has 1 aliphatic carbocycles. The molecule has 21 heavy (non-hydrogen) atoms. The van der Waals surface area contributed by atoms with Crippen LogP contribution in [0.1, 0.15) is 76.3 Å². The summed E-state index contributed by atoms with van der Waals surface area (Å²) in [5.41, 5.74) is 1.99. The standard InChI is InChI=1S/C19H29NO/c1-4-17(5-2)20-13-16-7-6-8-18(19(16)21)15-11-9-14(3)10-12-15/h6-8,13-15,17,21H,4-5,9-12H2,1-3H3. The number of hydrogen-bond acceptors (Lipinski definition) is 2. The second-order valence-electron chi connectivity index (χ2n) is 6.49. The van der Waals surface area contributed by atoms with Crippen molar-refractivity contribution in [2.24, 2.45) is 10.9 Å². The van der Waals surface area contributed by atoms with Crippen molar-refractivity contribution >= 4 is 6.21 Å². The maximum Gasteiger partial charge on any atom is 0.127 e. The van der Waals surface area contributed by atoms with E-state index in [9.17, 15) is 5.11 Å². The fourth-order valence-corrected chi connectivity index (χ4v) is 3.27. The van der Waals surface area contributed by atoms with Crippen LogP contribution in [-0.2, 0) is 0 Å². The van der Waals surface area contributed by atoms with Crippen LogP contribution >= 0.6 is 0 Å². The van der Waals surface area contributed by atoms with Gasteiger partial charge in [-0.15, -0.1) is 0 Å². The first-order valence-electron chi connectivity index (χ1n) is 8.50. The van der Waals surface area contributed by atoms with Crippen LogP contribution in [0.3, 0.4) is 0 Å². The zero-order valence-corrected chi connectivity index (χ0v) is 13.7. The summed E-state index contributed by atoms with van der Waals surface area (Å²) in [4.78, 5) is 4.61. The van der Waals surface area contributed by atoms with Gasteiger partial charge in [-0.05, 0) is 49.1 Å². The monoisotopic (exact) mass is 287 g/mol. The van der Waals surface area contributed by atoms with Crippen molar-refractivity contribution < 1.29 is 5.11 Å². The maximum absolute atomic E-state index is 10.6. The maximum atomic E-state index is 10.6. The van der Waals surface area contributed by atoms with Gasteiger partial charge in [-0.3, -0.25) is 4.99 Å². The molecule has 2 heteroatoms. The smallest absolute Gasteiger partial charge is 0.127 e. The lowest BCUT2D eigenvalue weighted by atomic mass is 9.79. The summed E-state index contributed by atoms with van der Waals surface area (Å²) in [6.45, 7) is 6.64. The second-order valence-corrected chi connectivity index (χ2v) is 6.49. The molecule has 1 fully saturated rings. The summed E-state index contributed by atoms with van der Waals surface area (Å²) >= 11 is 0. The first-order valence-corrected chi connectivity index (χ1v) is 8.50. The molecule has 0 bridgehead atoms. The zero-order valence-electron chi connectivity index (χ0n) is 13.7. The number of phenolic OH excluding ortho intramolecular Hbond substituents is 1. The van der Waals surface area contributed by atoms with Gasteiger partial charge in [0.15, 0.2) is 0 Å². The molecule has 116 valence electrons. The fraction of sp³-hybridized carbons (Fsp3) is 0.632. The molecule has 0 saturated heterocycles. The molecule has 0 radical (unpaired) electrons. The number of aliphatic imine (C=N–C) groups is 1. The van der Waals surface area contributed by atoms with Crippen LogP contribution in [0, 0.1) is 5.92 Å². The number of phenols is 1. The Hall–Kier alpha value is -1.31. The van der Waals surface area contributed by atoms with Crippen LogP contribution in [0.15, 0.2) is 23.2 Å². The first-order chi connectivity index (χ1) is 10.2. The molecule has 0 unspecified atom stereocenters. The number of hydrogen-bond donors (Lipinski definition) is 1. The van der Waals surface area contributed by atoms with Crippen LogP contribution in [0.2, 0.25) is 0 Å². The van der Waals surface area contributed by atoms with E-state index in [2.05, 4.69) is 37.9 Å². The van der Waals surface area contributed by atoms with E-state index < -0.39 is 0 Å². The molecule has 0 aromatic heterocycles. The molecule has 1 aromatic rings. The Morgan fingerprint density at radius 2 is 1.86 bits per heavy atom. The predicted molar refractivity (Wildman–Crippen MR) is 90.4 cm³/mol. The lowest BCUT2D eigenvalue weighted by Gasteiger charge is -2.27. The van der Waals surface area contributed by atoms with Gasteiger partial charge in [0, 0.05) is 17.8 Å². The van der Waals surface area contributed by atoms with E-state index in [0.717, 1.165) is 29.9 Å². The van der Waals surface area contributed by atoms with Crippen molar-refractivity contribution in [3.8, 4) is 5.75 Å². The van der Waals surface area contributed by atoms with E-state index in [4.69, 9.17) is 0 Å². The second kappa shape index (κ2) is 7.63. The topological polar surface area (TPSA) is 32.6 Å². The van der Waals surface area contributed by atoms with Crippen molar-refractivity contribution in [1.29, 1.82) is 0 Å². The van der Waals surface area contributed by atoms with Gasteiger partial charge in [-0.25, -0.2) is 0 Å². The van der Waals surface area contributed by atoms with Crippen molar-refractivity contribution in [3.63, 3.8) is 0 Å². The average Bonchev–Trinajstić information content (AvgIpc) is 2.51. The molecule has 1 N–H and O–H groups in total. The summed E-state index contributed by atoms with van der Waals surface area (Å²) in [6, 6.07) is 6.48. The van der Waals surface area contributed by atoms with Crippen LogP contribution in [0.5, 0.6) is 5.75 Å². The van der Waals surface area contributed by atoms with Gasteiger partial charge >= 0.3 is 0 Å². The molecular formula is C19H29NO. The zero-order chi connectivity index (χ0) is 15.2. The summed E-state index contributed by atoms with van der Waals surface area (Å²) < 4.78 is 0. The molecule has 1 aliphatic rings. The fourth-order valence-electron chi connectivity index (χ4n) is 3.27. The van der Waals surface area contributed by atoms with E-state index in [1.165, 1.54) is 25.7 Å². The first kappa shape index (κ1) is 16.1. The minimum Gasteiger partial charge on any atom is -0.507 e. The number of benzene rings is 1. The number of rotatable bonds is 5. The van der Waals surface area contributed by atoms with Gasteiger partial charge < -0.3 is 5.11 Å². The average molecular weight is 287 g/mol. The molecule has 1 saturated carbocycles. The van der Waals surface area contributed by atoms with Crippen molar-refractivity contribution in [2.45, 2.75) is 71.3 Å². The van der Waals surface area contributed by atoms with Crippen LogP contribution in [-0.4, -0.2) is 17.4 Å². The van der Waals surface area contributed by atoms with Crippen molar-refractivity contribution in [2.75, 3.05) is 0 Å². The molecule has 0 aliphatic heterocycles. The van der Waals surface area contributed by atoms with Crippen LogP contribution in [0.25, 0.3) is 0 Å². The minimum absolute atomic E-state index is 0.364. The summed E-state index contributed by atoms with van der Waals surface area (Å²) in [6.07, 6.45) is 8.90. The van der Waals surface area contributed by atoms with Gasteiger partial charge in [-0.1, -0.05) is 45.7 Å². The molecule has 1 aromatic carbocycles. The van der Waals surface area contributed by atoms with E-state index in [-0.39, 0.29) is 0 Å². The van der Waals surface area contributed by atoms with Crippen LogP contribution in [0.4, 0.5) is 0 Å². The Morgan fingerprint density at radius 1 is 1.19 bits per heavy atom. The van der Waals surface area contributed by atoms with E-state index in [1.54, 1.807) is 0 Å². The largest absolute Gasteiger partial charge is 0.507 e. The molecule has 2 rings (SSSR count). The summed E-state index contributed by atoms with van der Waals surface area (Å²) in [7, 11) is 0. The highest BCUT2D eigenvalue weighted by Crippen LogP contribution is 2.39. The molecule has 0 heterocycles. The van der Waals surface area contributed by atoms with Gasteiger partial charge in [-0.2, -0.15) is 0 Å². The highest BCUT2D eigenvalue weighted by molar-refractivity contribution is 5.84. The third-order valence-electron chi connectivity index (χ3n) is 4.92. The minimum atomic E-state index is 0.364. The Balaban J connectivity index is 2.16. The van der Waals surface area contributed by atoms with E-state index in [1.807, 2.05) is 12.3 Å². The summed E-state index contributed by atoms with van der Waals surface area (Å²) in [5, 5.41) is 10.6. The molecular weight excluding hydrogens is 258 g/mol. The Bertz CT molecular complexity index is 468. The Kier molecular flexibility index (Phi) is 5.84. The molecule has 0 spiro atoms. The molecule has 0 amide bonds. The lowest BCUT2D eigenvalue weighted by Crippen LogP contribution is -2.11. The third-order valence-corrected chi connectivity index (χ3v) is 4.92. The normalized spacial score (nSPS) is 23.0. The highest BCUT2D eigenvalue weighted by atomic mass is 16.3. The predicted octanol–water partition coefficient (Wildman–Crippen LogP) is 5.29. The number of nitrogens with zero attached hydrogens (tertiary/aromatic N) is 1. The van der Waals surface area contributed by atoms with E-state index >= 15 is 0 Å². The highest BCUT2D eigenvalue weighted by Gasteiger charge is 2.22. The van der Waals surface area contributed by atoms with Gasteiger partial charge in [0.1, 0.15) is 5.75 Å². The molecule has 2 nitrogen and oxygen atoms in total. The van der Waals surface area contributed by atoms with Crippen LogP contribution < -0.4 is 0 Å². The Labute approximate surface area is 129 Å². The SMILES string of the molecule is CCC(CC)N=Cc1cccc(C2CCC(C)CC2)c1O. The number of para-hydroxylation sites is 1. The van der Waals surface area contributed by atoms with Crippen molar-refractivity contribution in [3.05, 3.63) is 29.3 Å². The Morgan fingerprint density at radius 3 is 2.48 bits per heavy atom. The lowest BCUT2D eigenvalue weighted by molar-refractivity contribution is 0.340. The van der Waals surface area contributed by atoms with Gasteiger partial charge in [0.25, 0.3) is 0 Å².